The van der Waals surface area contributed by atoms with Gasteiger partial charge in [-0.3, -0.25) is 4.79 Å². The van der Waals surface area contributed by atoms with Gasteiger partial charge in [-0.1, -0.05) is 20.2 Å². The van der Waals surface area contributed by atoms with E-state index in [-0.39, 0.29) is 5.97 Å². The van der Waals surface area contributed by atoms with E-state index in [0.717, 1.165) is 12.7 Å². The Hall–Kier alpha value is -0.465. The minimum atomic E-state index is -0.0463. The number of carbonyl (C=O) groups is 1. The Bertz CT molecular complexity index is 146. The van der Waals surface area contributed by atoms with Gasteiger partial charge in [0, 0.05) is 6.42 Å². The number of rotatable bonds is 6. The predicted molar refractivity (Wildman–Crippen MR) is 57.5 cm³/mol. The first-order valence-electron chi connectivity index (χ1n) is 5.25. The van der Waals surface area contributed by atoms with Crippen LogP contribution >= 0.6 is 0 Å². The molecule has 0 heterocycles. The molecule has 0 saturated heterocycles. The van der Waals surface area contributed by atoms with E-state index in [0.29, 0.717) is 24.9 Å². The van der Waals surface area contributed by atoms with Crippen molar-refractivity contribution in [2.75, 3.05) is 6.61 Å². The van der Waals surface area contributed by atoms with Gasteiger partial charge in [0.05, 0.1) is 6.61 Å². The fourth-order valence-electron chi connectivity index (χ4n) is 1.52. The van der Waals surface area contributed by atoms with E-state index in [4.69, 9.17) is 4.74 Å². The molecule has 1 unspecified atom stereocenters. The van der Waals surface area contributed by atoms with Crippen molar-refractivity contribution in [1.29, 1.82) is 0 Å². The third-order valence-corrected chi connectivity index (χ3v) is 2.14. The molecule has 0 bridgehead atoms. The highest BCUT2D eigenvalue weighted by molar-refractivity contribution is 6.08. The Balaban J connectivity index is 3.76. The van der Waals surface area contributed by atoms with Crippen molar-refractivity contribution in [1.82, 2.24) is 0 Å². The zero-order valence-electron chi connectivity index (χ0n) is 9.30. The van der Waals surface area contributed by atoms with E-state index in [9.17, 15) is 4.79 Å². The topological polar surface area (TPSA) is 26.3 Å². The van der Waals surface area contributed by atoms with Crippen LogP contribution in [-0.2, 0) is 9.53 Å². The van der Waals surface area contributed by atoms with Crippen LogP contribution in [0.25, 0.3) is 0 Å². The van der Waals surface area contributed by atoms with Gasteiger partial charge in [0.1, 0.15) is 7.85 Å². The van der Waals surface area contributed by atoms with Crippen LogP contribution < -0.4 is 0 Å². The summed E-state index contributed by atoms with van der Waals surface area (Å²) in [6, 6.07) is 0. The van der Waals surface area contributed by atoms with Gasteiger partial charge in [-0.25, -0.2) is 0 Å². The first-order chi connectivity index (χ1) is 6.10. The summed E-state index contributed by atoms with van der Waals surface area (Å²) in [6.07, 6.45) is 2.77. The van der Waals surface area contributed by atoms with Crippen molar-refractivity contribution >= 4 is 13.8 Å². The van der Waals surface area contributed by atoms with Crippen LogP contribution in [0.3, 0.4) is 0 Å². The zero-order valence-corrected chi connectivity index (χ0v) is 9.30. The fourth-order valence-corrected chi connectivity index (χ4v) is 1.52. The summed E-state index contributed by atoms with van der Waals surface area (Å²) in [5, 5.41) is 0. The highest BCUT2D eigenvalue weighted by Gasteiger charge is 2.13. The lowest BCUT2D eigenvalue weighted by atomic mass is 9.83. The van der Waals surface area contributed by atoms with E-state index in [1.807, 2.05) is 6.92 Å². The summed E-state index contributed by atoms with van der Waals surface area (Å²) in [5.74, 6) is 1.12. The molecule has 0 N–H and O–H groups in total. The normalized spacial score (nSPS) is 12.9. The molecule has 1 atom stereocenters. The minimum Gasteiger partial charge on any atom is -0.466 e. The maximum atomic E-state index is 11.2. The summed E-state index contributed by atoms with van der Waals surface area (Å²) in [4.78, 5) is 11.2. The second-order valence-electron chi connectivity index (χ2n) is 3.91. The number of carbonyl (C=O) groups excluding carboxylic acids is 1. The summed E-state index contributed by atoms with van der Waals surface area (Å²) < 4.78 is 4.92. The van der Waals surface area contributed by atoms with Crippen molar-refractivity contribution in [3.63, 3.8) is 0 Å². The number of hydrogen-bond acceptors (Lipinski definition) is 2. The molecule has 0 spiro atoms. The van der Waals surface area contributed by atoms with Crippen LogP contribution in [0.5, 0.6) is 0 Å². The Morgan fingerprint density at radius 2 is 2.08 bits per heavy atom. The molecule has 13 heavy (non-hydrogen) atoms. The van der Waals surface area contributed by atoms with Crippen LogP contribution in [0.2, 0.25) is 6.32 Å². The monoisotopic (exact) mass is 184 g/mol. The van der Waals surface area contributed by atoms with E-state index in [2.05, 4.69) is 21.7 Å². The maximum absolute atomic E-state index is 11.2. The highest BCUT2D eigenvalue weighted by atomic mass is 16.5. The lowest BCUT2D eigenvalue weighted by Gasteiger charge is -2.15. The molecule has 2 nitrogen and oxygen atoms in total. The number of hydrogen-bond donors (Lipinski definition) is 0. The van der Waals surface area contributed by atoms with Crippen LogP contribution in [-0.4, -0.2) is 20.4 Å². The average molecular weight is 184 g/mol. The van der Waals surface area contributed by atoms with Gasteiger partial charge < -0.3 is 4.74 Å². The third-order valence-electron chi connectivity index (χ3n) is 2.14. The molecule has 0 aliphatic carbocycles. The highest BCUT2D eigenvalue weighted by Crippen LogP contribution is 2.18. The molecule has 0 aliphatic rings. The smallest absolute Gasteiger partial charge is 0.306 e. The number of ether oxygens (including phenoxy) is 1. The standard InChI is InChI=1S/C10H21BO2/c1-4-13-10(12)6-9(7-11)5-8(2)3/h8-9H,4-7,11H2,1-3H3. The Labute approximate surface area is 82.5 Å². The zero-order chi connectivity index (χ0) is 10.3. The molecule has 0 rings (SSSR count). The molecule has 0 saturated carbocycles. The van der Waals surface area contributed by atoms with Crippen LogP contribution in [0.1, 0.15) is 33.6 Å². The van der Waals surface area contributed by atoms with Gasteiger partial charge in [-0.15, -0.1) is 0 Å². The molecule has 3 heteroatoms. The third kappa shape index (κ3) is 6.67. The molecule has 0 aliphatic heterocycles. The molecule has 0 amide bonds. The second-order valence-corrected chi connectivity index (χ2v) is 3.91. The lowest BCUT2D eigenvalue weighted by Crippen LogP contribution is -2.13. The van der Waals surface area contributed by atoms with Crippen molar-refractivity contribution in [2.24, 2.45) is 11.8 Å². The van der Waals surface area contributed by atoms with E-state index < -0.39 is 0 Å². The largest absolute Gasteiger partial charge is 0.466 e. The average Bonchev–Trinajstić information content (AvgIpc) is 2.02. The molecule has 0 aromatic heterocycles. The van der Waals surface area contributed by atoms with Gasteiger partial charge >= 0.3 is 5.97 Å². The quantitative estimate of drug-likeness (QED) is 0.463. The summed E-state index contributed by atoms with van der Waals surface area (Å²) >= 11 is 0. The van der Waals surface area contributed by atoms with Gasteiger partial charge in [-0.2, -0.15) is 0 Å². The van der Waals surface area contributed by atoms with E-state index in [1.54, 1.807) is 0 Å². The molecule has 76 valence electrons. The Kier molecular flexibility index (Phi) is 6.74. The predicted octanol–water partition coefficient (Wildman–Crippen LogP) is 1.65. The summed E-state index contributed by atoms with van der Waals surface area (Å²) in [7, 11) is 2.13. The van der Waals surface area contributed by atoms with E-state index >= 15 is 0 Å². The van der Waals surface area contributed by atoms with Crippen LogP contribution in [0.15, 0.2) is 0 Å². The van der Waals surface area contributed by atoms with Gasteiger partial charge in [-0.05, 0) is 25.2 Å². The Morgan fingerprint density at radius 1 is 1.46 bits per heavy atom. The summed E-state index contributed by atoms with van der Waals surface area (Å²) in [5.41, 5.74) is 0. The van der Waals surface area contributed by atoms with Crippen LogP contribution in [0.4, 0.5) is 0 Å². The molecule has 0 fully saturated rings. The van der Waals surface area contributed by atoms with Crippen molar-refractivity contribution in [3.05, 3.63) is 0 Å². The van der Waals surface area contributed by atoms with Gasteiger partial charge in [0.2, 0.25) is 0 Å². The Morgan fingerprint density at radius 3 is 2.46 bits per heavy atom. The van der Waals surface area contributed by atoms with Crippen molar-refractivity contribution in [3.8, 4) is 0 Å². The van der Waals surface area contributed by atoms with E-state index in [1.165, 1.54) is 0 Å². The first-order valence-corrected chi connectivity index (χ1v) is 5.25. The maximum Gasteiger partial charge on any atom is 0.306 e. The molecule has 0 aromatic carbocycles. The molecule has 0 radical (unpaired) electrons. The van der Waals surface area contributed by atoms with Crippen LogP contribution in [0, 0.1) is 11.8 Å². The fraction of sp³-hybridized carbons (Fsp3) is 0.900. The van der Waals surface area contributed by atoms with Gasteiger partial charge in [0.15, 0.2) is 0 Å². The molecular weight excluding hydrogens is 163 g/mol. The van der Waals surface area contributed by atoms with Crippen molar-refractivity contribution in [2.45, 2.75) is 39.9 Å². The van der Waals surface area contributed by atoms with Crippen molar-refractivity contribution < 1.29 is 9.53 Å². The lowest BCUT2D eigenvalue weighted by molar-refractivity contribution is -0.144. The summed E-state index contributed by atoms with van der Waals surface area (Å²) in [6.45, 7) is 6.72. The number of esters is 1. The second kappa shape index (κ2) is 6.99. The first kappa shape index (κ1) is 12.5. The molecule has 0 aromatic rings. The molecular formula is C10H21BO2. The SMILES string of the molecule is BCC(CC(=O)OCC)CC(C)C. The van der Waals surface area contributed by atoms with Gasteiger partial charge in [0.25, 0.3) is 0 Å². The minimum absolute atomic E-state index is 0.0463.